The summed E-state index contributed by atoms with van der Waals surface area (Å²) in [5.41, 5.74) is 1.91. The van der Waals surface area contributed by atoms with E-state index in [1.54, 1.807) is 10.8 Å². The fourth-order valence-electron chi connectivity index (χ4n) is 2.83. The second-order valence-corrected chi connectivity index (χ2v) is 6.66. The van der Waals surface area contributed by atoms with Crippen LogP contribution in [0.3, 0.4) is 0 Å². The molecule has 0 saturated heterocycles. The maximum Gasteiger partial charge on any atom is 0.159 e. The first kappa shape index (κ1) is 16.6. The van der Waals surface area contributed by atoms with Gasteiger partial charge in [-0.3, -0.25) is 0 Å². The Bertz CT molecular complexity index is 1170. The van der Waals surface area contributed by atoms with Crippen LogP contribution in [0.15, 0.2) is 72.4 Å². The van der Waals surface area contributed by atoms with Crippen LogP contribution < -0.4 is 0 Å². The van der Waals surface area contributed by atoms with Crippen LogP contribution in [-0.2, 0) is 0 Å². The number of benzene rings is 1. The minimum absolute atomic E-state index is 0.358. The quantitative estimate of drug-likeness (QED) is 0.493. The number of nitrogens with zero attached hydrogens (tertiary/aromatic N) is 5. The molecule has 1 aromatic carbocycles. The van der Waals surface area contributed by atoms with Gasteiger partial charge in [0.2, 0.25) is 0 Å². The molecule has 0 bridgehead atoms. The lowest BCUT2D eigenvalue weighted by molar-refractivity contribution is 0.820. The fraction of sp³-hybridized carbons (Fsp3) is 0. The van der Waals surface area contributed by atoms with E-state index in [-0.39, 0.29) is 0 Å². The molecule has 0 aliphatic rings. The van der Waals surface area contributed by atoms with Crippen LogP contribution in [0.25, 0.3) is 23.2 Å². The normalized spacial score (nSPS) is 11.1. The van der Waals surface area contributed by atoms with Crippen LogP contribution in [0.2, 0.25) is 0 Å². The molecular weight excluding hydrogens is 354 g/mol. The Morgan fingerprint density at radius 1 is 1.00 bits per heavy atom. The van der Waals surface area contributed by atoms with Gasteiger partial charge >= 0.3 is 0 Å². The Hall–Kier alpha value is -3.87. The topological polar surface area (TPSA) is 70.3 Å². The van der Waals surface area contributed by atoms with Crippen molar-refractivity contribution in [2.75, 3.05) is 0 Å². The molecule has 0 aliphatic heterocycles. The van der Waals surface area contributed by atoms with Gasteiger partial charge in [0.05, 0.1) is 11.3 Å². The molecule has 128 valence electrons. The van der Waals surface area contributed by atoms with Gasteiger partial charge in [-0.15, -0.1) is 11.3 Å². The van der Waals surface area contributed by atoms with E-state index >= 15 is 0 Å². The van der Waals surface area contributed by atoms with Crippen LogP contribution in [0.4, 0.5) is 0 Å². The van der Waals surface area contributed by atoms with Crippen molar-refractivity contribution in [2.45, 2.75) is 0 Å². The second-order valence-electron chi connectivity index (χ2n) is 5.68. The Morgan fingerprint density at radius 2 is 1.78 bits per heavy atom. The summed E-state index contributed by atoms with van der Waals surface area (Å²) < 4.78 is 3.54. The van der Waals surface area contributed by atoms with Gasteiger partial charge in [-0.2, -0.15) is 15.6 Å². The molecule has 5 nitrogen and oxygen atoms in total. The van der Waals surface area contributed by atoms with Crippen LogP contribution in [0.5, 0.6) is 0 Å². The summed E-state index contributed by atoms with van der Waals surface area (Å²) >= 11 is 1.53. The van der Waals surface area contributed by atoms with E-state index in [9.17, 15) is 10.5 Å². The monoisotopic (exact) mass is 367 g/mol. The third kappa shape index (κ3) is 3.06. The molecule has 6 heteroatoms. The molecular formula is C21H13N5S. The summed E-state index contributed by atoms with van der Waals surface area (Å²) in [6.07, 6.45) is 5.48. The zero-order chi connectivity index (χ0) is 18.6. The number of allylic oxidation sites excluding steroid dienone is 1. The highest BCUT2D eigenvalue weighted by molar-refractivity contribution is 7.10. The molecule has 0 fully saturated rings. The van der Waals surface area contributed by atoms with Crippen LogP contribution in [0.1, 0.15) is 16.1 Å². The number of aromatic nitrogens is 3. The highest BCUT2D eigenvalue weighted by atomic mass is 32.1. The summed E-state index contributed by atoms with van der Waals surface area (Å²) in [7, 11) is 0. The van der Waals surface area contributed by atoms with E-state index in [0.29, 0.717) is 22.6 Å². The zero-order valence-electron chi connectivity index (χ0n) is 14.1. The third-order valence-corrected chi connectivity index (χ3v) is 4.85. The highest BCUT2D eigenvalue weighted by Crippen LogP contribution is 2.28. The molecule has 0 radical (unpaired) electrons. The first-order chi connectivity index (χ1) is 13.3. The van der Waals surface area contributed by atoms with Crippen molar-refractivity contribution in [1.82, 2.24) is 14.3 Å². The van der Waals surface area contributed by atoms with Crippen molar-refractivity contribution in [1.29, 1.82) is 10.5 Å². The third-order valence-electron chi connectivity index (χ3n) is 4.03. The minimum atomic E-state index is 0.358. The van der Waals surface area contributed by atoms with E-state index in [0.717, 1.165) is 10.6 Å². The second kappa shape index (κ2) is 7.17. The van der Waals surface area contributed by atoms with E-state index in [1.165, 1.54) is 11.3 Å². The smallest absolute Gasteiger partial charge is 0.159 e. The number of nitriles is 2. The first-order valence-corrected chi connectivity index (χ1v) is 9.07. The zero-order valence-corrected chi connectivity index (χ0v) is 15.0. The largest absolute Gasteiger partial charge is 0.307 e. The van der Waals surface area contributed by atoms with Crippen molar-refractivity contribution >= 4 is 23.0 Å². The number of hydrogen-bond acceptors (Lipinski definition) is 4. The van der Waals surface area contributed by atoms with Gasteiger partial charge in [0, 0.05) is 17.3 Å². The first-order valence-electron chi connectivity index (χ1n) is 8.19. The molecule has 0 atom stereocenters. The molecule has 0 spiro atoms. The fourth-order valence-corrected chi connectivity index (χ4v) is 3.49. The molecule has 3 heterocycles. The molecule has 0 amide bonds. The van der Waals surface area contributed by atoms with Crippen molar-refractivity contribution in [3.8, 4) is 23.6 Å². The summed E-state index contributed by atoms with van der Waals surface area (Å²) in [5.74, 6) is 0.607. The molecule has 3 aromatic heterocycles. The van der Waals surface area contributed by atoms with Crippen LogP contribution >= 0.6 is 11.3 Å². The summed E-state index contributed by atoms with van der Waals surface area (Å²) in [6.45, 7) is 0. The van der Waals surface area contributed by atoms with Crippen molar-refractivity contribution in [3.05, 3.63) is 88.5 Å². The summed E-state index contributed by atoms with van der Waals surface area (Å²) in [6, 6.07) is 21.6. The summed E-state index contributed by atoms with van der Waals surface area (Å²) in [4.78, 5) is 0.937. The lowest BCUT2D eigenvalue weighted by atomic mass is 10.1. The highest BCUT2D eigenvalue weighted by Gasteiger charge is 2.22. The van der Waals surface area contributed by atoms with Crippen molar-refractivity contribution in [3.63, 3.8) is 0 Å². The maximum absolute atomic E-state index is 9.88. The lowest BCUT2D eigenvalue weighted by Crippen LogP contribution is -2.04. The molecule has 27 heavy (non-hydrogen) atoms. The molecule has 0 N–H and O–H groups in total. The van der Waals surface area contributed by atoms with E-state index in [2.05, 4.69) is 17.2 Å². The van der Waals surface area contributed by atoms with Gasteiger partial charge in [-0.25, -0.2) is 4.68 Å². The Kier molecular flexibility index (Phi) is 4.40. The average Bonchev–Trinajstić information content (AvgIpc) is 3.46. The number of rotatable bonds is 4. The molecule has 4 aromatic rings. The van der Waals surface area contributed by atoms with Crippen molar-refractivity contribution < 1.29 is 0 Å². The van der Waals surface area contributed by atoms with E-state index < -0.39 is 0 Å². The van der Waals surface area contributed by atoms with E-state index in [1.807, 2.05) is 76.9 Å². The lowest BCUT2D eigenvalue weighted by Gasteiger charge is -2.08. The number of thiophene rings is 1. The number of para-hydroxylation sites is 1. The standard InChI is InChI=1S/C21H13N5S/c22-14-16(13-18-9-6-12-27-18)20-19(15-23)21(25-10-4-5-11-25)26(24-20)17-7-2-1-3-8-17/h1-13H/b16-13+. The Labute approximate surface area is 160 Å². The van der Waals surface area contributed by atoms with Gasteiger partial charge in [-0.05, 0) is 41.8 Å². The maximum atomic E-state index is 9.88. The van der Waals surface area contributed by atoms with Gasteiger partial charge < -0.3 is 4.57 Å². The number of hydrogen-bond donors (Lipinski definition) is 0. The van der Waals surface area contributed by atoms with Gasteiger partial charge in [0.1, 0.15) is 23.4 Å². The predicted octanol–water partition coefficient (Wildman–Crippen LogP) is 4.66. The van der Waals surface area contributed by atoms with Crippen LogP contribution in [0, 0.1) is 22.7 Å². The molecule has 4 rings (SSSR count). The van der Waals surface area contributed by atoms with Gasteiger partial charge in [-0.1, -0.05) is 24.3 Å². The minimum Gasteiger partial charge on any atom is -0.307 e. The molecule has 0 aliphatic carbocycles. The predicted molar refractivity (Wildman–Crippen MR) is 105 cm³/mol. The van der Waals surface area contributed by atoms with Gasteiger partial charge in [0.15, 0.2) is 5.82 Å². The molecule has 0 unspecified atom stereocenters. The van der Waals surface area contributed by atoms with Crippen molar-refractivity contribution in [2.24, 2.45) is 0 Å². The van der Waals surface area contributed by atoms with E-state index in [4.69, 9.17) is 0 Å². The SMILES string of the molecule is N#C/C(=C\c1cccs1)c1nn(-c2ccccc2)c(-n2cccc2)c1C#N. The molecule has 0 saturated carbocycles. The van der Waals surface area contributed by atoms with Gasteiger partial charge in [0.25, 0.3) is 0 Å². The Morgan fingerprint density at radius 3 is 2.41 bits per heavy atom. The Balaban J connectivity index is 1.99. The van der Waals surface area contributed by atoms with Crippen LogP contribution in [-0.4, -0.2) is 14.3 Å². The summed E-state index contributed by atoms with van der Waals surface area (Å²) in [5, 5.41) is 26.2. The average molecular weight is 367 g/mol.